The van der Waals surface area contributed by atoms with Gasteiger partial charge < -0.3 is 0 Å². The summed E-state index contributed by atoms with van der Waals surface area (Å²) < 4.78 is 30.0. The lowest BCUT2D eigenvalue weighted by molar-refractivity contribution is -0.125. The lowest BCUT2D eigenvalue weighted by Crippen LogP contribution is -2.23. The molecule has 0 aliphatic carbocycles. The fourth-order valence-electron chi connectivity index (χ4n) is 3.04. The van der Waals surface area contributed by atoms with Crippen molar-refractivity contribution in [2.75, 3.05) is 6.61 Å². The Hall–Kier alpha value is -1.20. The van der Waals surface area contributed by atoms with Crippen LogP contribution >= 0.6 is 0 Å². The molecule has 0 spiro atoms. The highest BCUT2D eigenvalue weighted by atomic mass is 32.2. The Morgan fingerprint density at radius 3 is 1.96 bits per heavy atom. The average Bonchev–Trinajstić information content (AvgIpc) is 2.43. The smallest absolute Gasteiger partial charge is 0.297 e. The first-order valence-electron chi connectivity index (χ1n) is 8.22. The highest BCUT2D eigenvalue weighted by Crippen LogP contribution is 2.24. The summed E-state index contributed by atoms with van der Waals surface area (Å²) in [6.07, 6.45) is 3.36. The van der Waals surface area contributed by atoms with Gasteiger partial charge in [-0.25, -0.2) is 0 Å². The fraction of sp³-hybridized carbons (Fsp3) is 0.611. The molecular weight excluding hydrogens is 312 g/mol. The summed E-state index contributed by atoms with van der Waals surface area (Å²) in [4.78, 5) is 12.4. The predicted octanol–water partition coefficient (Wildman–Crippen LogP) is 4.10. The van der Waals surface area contributed by atoms with Gasteiger partial charge in [-0.05, 0) is 44.7 Å². The van der Waals surface area contributed by atoms with Crippen LogP contribution in [0.3, 0.4) is 0 Å². The van der Waals surface area contributed by atoms with Crippen molar-refractivity contribution < 1.29 is 17.4 Å². The third kappa shape index (κ3) is 5.43. The Labute approximate surface area is 140 Å². The molecule has 4 nitrogen and oxygen atoms in total. The number of ketones is 1. The number of hydrogen-bond donors (Lipinski definition) is 0. The maximum Gasteiger partial charge on any atom is 0.297 e. The van der Waals surface area contributed by atoms with Crippen molar-refractivity contribution in [1.29, 1.82) is 0 Å². The second-order valence-electron chi connectivity index (χ2n) is 6.18. The minimum atomic E-state index is -3.92. The highest BCUT2D eigenvalue weighted by molar-refractivity contribution is 7.86. The Morgan fingerprint density at radius 1 is 1.04 bits per heavy atom. The Bertz CT molecular complexity index is 618. The van der Waals surface area contributed by atoms with Crippen LogP contribution in [0.2, 0.25) is 0 Å². The summed E-state index contributed by atoms with van der Waals surface area (Å²) in [7, 11) is -3.92. The Morgan fingerprint density at radius 2 is 1.52 bits per heavy atom. The van der Waals surface area contributed by atoms with E-state index >= 15 is 0 Å². The maximum absolute atomic E-state index is 12.5. The molecule has 0 aliphatic rings. The topological polar surface area (TPSA) is 60.4 Å². The van der Waals surface area contributed by atoms with E-state index in [1.807, 2.05) is 32.9 Å². The van der Waals surface area contributed by atoms with Gasteiger partial charge in [0.05, 0.1) is 4.90 Å². The van der Waals surface area contributed by atoms with Gasteiger partial charge in [0.2, 0.25) is 0 Å². The summed E-state index contributed by atoms with van der Waals surface area (Å²) >= 11 is 0. The van der Waals surface area contributed by atoms with E-state index in [9.17, 15) is 13.2 Å². The standard InChI is InChI=1S/C18H28O4S/c1-6-8-16(9-7-2)17(19)12-22-23(20,21)18-14(4)10-13(3)11-15(18)5/h10-11,16H,6-9,12H2,1-5H3. The molecule has 0 saturated heterocycles. The lowest BCUT2D eigenvalue weighted by atomic mass is 9.94. The second-order valence-corrected chi connectivity index (χ2v) is 7.74. The normalized spacial score (nSPS) is 11.9. The maximum atomic E-state index is 12.5. The van der Waals surface area contributed by atoms with E-state index in [0.717, 1.165) is 31.2 Å². The second kappa shape index (κ2) is 8.60. The van der Waals surface area contributed by atoms with Gasteiger partial charge in [0.15, 0.2) is 5.78 Å². The van der Waals surface area contributed by atoms with E-state index in [1.54, 1.807) is 13.8 Å². The van der Waals surface area contributed by atoms with E-state index in [4.69, 9.17) is 4.18 Å². The van der Waals surface area contributed by atoms with E-state index in [1.165, 1.54) is 0 Å². The molecule has 23 heavy (non-hydrogen) atoms. The van der Waals surface area contributed by atoms with Crippen LogP contribution in [0.5, 0.6) is 0 Å². The molecule has 5 heteroatoms. The van der Waals surface area contributed by atoms with Crippen LogP contribution in [-0.2, 0) is 19.1 Å². The molecule has 1 rings (SSSR count). The van der Waals surface area contributed by atoms with Gasteiger partial charge >= 0.3 is 0 Å². The first kappa shape index (κ1) is 19.8. The number of Topliss-reactive ketones (excluding diaryl/α,β-unsaturated/α-hetero) is 1. The Balaban J connectivity index is 2.90. The quantitative estimate of drug-likeness (QED) is 0.635. The van der Waals surface area contributed by atoms with Gasteiger partial charge in [-0.2, -0.15) is 8.42 Å². The van der Waals surface area contributed by atoms with Crippen LogP contribution in [0.25, 0.3) is 0 Å². The molecule has 0 atom stereocenters. The molecule has 0 saturated carbocycles. The van der Waals surface area contributed by atoms with E-state index in [-0.39, 0.29) is 23.2 Å². The number of benzene rings is 1. The molecule has 0 aromatic heterocycles. The minimum Gasteiger partial charge on any atom is -0.297 e. The molecule has 0 N–H and O–H groups in total. The van der Waals surface area contributed by atoms with Gasteiger partial charge in [0, 0.05) is 5.92 Å². The zero-order valence-corrected chi connectivity index (χ0v) is 15.6. The van der Waals surface area contributed by atoms with Gasteiger partial charge in [-0.15, -0.1) is 0 Å². The average molecular weight is 340 g/mol. The molecule has 1 aromatic carbocycles. The summed E-state index contributed by atoms with van der Waals surface area (Å²) in [5.41, 5.74) is 2.29. The van der Waals surface area contributed by atoms with Crippen molar-refractivity contribution in [3.8, 4) is 0 Å². The minimum absolute atomic E-state index is 0.111. The molecule has 0 radical (unpaired) electrons. The van der Waals surface area contributed by atoms with Gasteiger partial charge in [0.25, 0.3) is 10.1 Å². The molecule has 0 fully saturated rings. The fourth-order valence-corrected chi connectivity index (χ4v) is 4.33. The number of carbonyl (C=O) groups excluding carboxylic acids is 1. The number of rotatable bonds is 9. The third-order valence-electron chi connectivity index (χ3n) is 3.94. The van der Waals surface area contributed by atoms with E-state index < -0.39 is 10.1 Å². The first-order valence-corrected chi connectivity index (χ1v) is 9.63. The number of aryl methyl sites for hydroxylation is 3. The van der Waals surface area contributed by atoms with Crippen molar-refractivity contribution in [2.24, 2.45) is 5.92 Å². The van der Waals surface area contributed by atoms with E-state index in [0.29, 0.717) is 11.1 Å². The largest absolute Gasteiger partial charge is 0.297 e. The van der Waals surface area contributed by atoms with Crippen molar-refractivity contribution in [3.05, 3.63) is 28.8 Å². The van der Waals surface area contributed by atoms with Crippen molar-refractivity contribution in [2.45, 2.75) is 65.2 Å². The van der Waals surface area contributed by atoms with E-state index in [2.05, 4.69) is 0 Å². The molecule has 0 bridgehead atoms. The monoisotopic (exact) mass is 340 g/mol. The number of carbonyl (C=O) groups is 1. The Kier molecular flexibility index (Phi) is 7.42. The summed E-state index contributed by atoms with van der Waals surface area (Å²) in [6.45, 7) is 9.07. The molecule has 0 unspecified atom stereocenters. The third-order valence-corrected chi connectivity index (χ3v) is 5.51. The zero-order chi connectivity index (χ0) is 17.6. The first-order chi connectivity index (χ1) is 10.7. The summed E-state index contributed by atoms with van der Waals surface area (Å²) in [5, 5.41) is 0. The molecule has 0 heterocycles. The predicted molar refractivity (Wildman–Crippen MR) is 92.1 cm³/mol. The van der Waals surface area contributed by atoms with Crippen LogP contribution in [-0.4, -0.2) is 20.8 Å². The van der Waals surface area contributed by atoms with Crippen LogP contribution < -0.4 is 0 Å². The van der Waals surface area contributed by atoms with Crippen molar-refractivity contribution >= 4 is 15.9 Å². The highest BCUT2D eigenvalue weighted by Gasteiger charge is 2.24. The van der Waals surface area contributed by atoms with Crippen molar-refractivity contribution in [1.82, 2.24) is 0 Å². The number of hydrogen-bond acceptors (Lipinski definition) is 4. The molecule has 0 amide bonds. The summed E-state index contributed by atoms with van der Waals surface area (Å²) in [6, 6.07) is 3.62. The molecule has 130 valence electrons. The molecular formula is C18H28O4S. The van der Waals surface area contributed by atoms with Crippen LogP contribution in [0, 0.1) is 26.7 Å². The SMILES string of the molecule is CCCC(CCC)C(=O)COS(=O)(=O)c1c(C)cc(C)cc1C. The summed E-state index contributed by atoms with van der Waals surface area (Å²) in [5.74, 6) is -0.236. The lowest BCUT2D eigenvalue weighted by Gasteiger charge is -2.15. The van der Waals surface area contributed by atoms with Crippen LogP contribution in [0.4, 0.5) is 0 Å². The van der Waals surface area contributed by atoms with Crippen LogP contribution in [0.15, 0.2) is 17.0 Å². The molecule has 0 aliphatic heterocycles. The zero-order valence-electron chi connectivity index (χ0n) is 14.8. The van der Waals surface area contributed by atoms with Gasteiger partial charge in [-0.1, -0.05) is 44.4 Å². The van der Waals surface area contributed by atoms with Gasteiger partial charge in [0.1, 0.15) is 6.61 Å². The van der Waals surface area contributed by atoms with Crippen LogP contribution in [0.1, 0.15) is 56.2 Å². The molecule has 1 aromatic rings. The van der Waals surface area contributed by atoms with Crippen molar-refractivity contribution in [3.63, 3.8) is 0 Å². The van der Waals surface area contributed by atoms with Gasteiger partial charge in [-0.3, -0.25) is 8.98 Å².